The minimum Gasteiger partial charge on any atom is -0.303 e. The minimum absolute atomic E-state index is 1.10. The zero-order valence-corrected chi connectivity index (χ0v) is 9.67. The van der Waals surface area contributed by atoms with Crippen molar-refractivity contribution in [3.05, 3.63) is 0 Å². The molecule has 2 aliphatic rings. The van der Waals surface area contributed by atoms with Gasteiger partial charge in [-0.2, -0.15) is 0 Å². The van der Waals surface area contributed by atoms with Gasteiger partial charge in [0.25, 0.3) is 0 Å². The fraction of sp³-hybridized carbons (Fsp3) is 1.00. The first kappa shape index (κ1) is 10.5. The standard InChI is InChI=1S/C13H25N/c1-2-3-9-14-10-7-13(8-11-14)12-5-4-6-12/h12-13H,2-11H2,1H3. The van der Waals surface area contributed by atoms with Crippen LogP contribution in [0.2, 0.25) is 0 Å². The van der Waals surface area contributed by atoms with Gasteiger partial charge in [-0.15, -0.1) is 0 Å². The summed E-state index contributed by atoms with van der Waals surface area (Å²) in [5.74, 6) is 2.23. The molecule has 0 N–H and O–H groups in total. The Kier molecular flexibility index (Phi) is 3.86. The zero-order valence-electron chi connectivity index (χ0n) is 9.67. The molecule has 1 heteroatoms. The fourth-order valence-electron chi connectivity index (χ4n) is 2.94. The van der Waals surface area contributed by atoms with Crippen molar-refractivity contribution in [2.45, 2.75) is 51.9 Å². The molecule has 0 radical (unpaired) electrons. The Bertz CT molecular complexity index is 155. The molecule has 1 nitrogen and oxygen atoms in total. The Hall–Kier alpha value is -0.0400. The van der Waals surface area contributed by atoms with E-state index in [1.54, 1.807) is 12.8 Å². The molecule has 0 bridgehead atoms. The summed E-state index contributed by atoms with van der Waals surface area (Å²) < 4.78 is 0. The summed E-state index contributed by atoms with van der Waals surface area (Å²) in [6.07, 6.45) is 10.3. The second-order valence-electron chi connectivity index (χ2n) is 5.22. The summed E-state index contributed by atoms with van der Waals surface area (Å²) in [7, 11) is 0. The second kappa shape index (κ2) is 5.16. The summed E-state index contributed by atoms with van der Waals surface area (Å²) in [5, 5.41) is 0. The molecule has 2 rings (SSSR count). The van der Waals surface area contributed by atoms with Crippen molar-refractivity contribution >= 4 is 0 Å². The monoisotopic (exact) mass is 195 g/mol. The molecule has 2 fully saturated rings. The lowest BCUT2D eigenvalue weighted by molar-refractivity contribution is 0.107. The first-order valence-electron chi connectivity index (χ1n) is 6.62. The third kappa shape index (κ3) is 2.50. The van der Waals surface area contributed by atoms with Crippen molar-refractivity contribution < 1.29 is 0 Å². The molecule has 0 unspecified atom stereocenters. The Morgan fingerprint density at radius 2 is 1.64 bits per heavy atom. The molecular weight excluding hydrogens is 170 g/mol. The lowest BCUT2D eigenvalue weighted by Gasteiger charge is -2.39. The van der Waals surface area contributed by atoms with Crippen LogP contribution in [0.25, 0.3) is 0 Å². The molecule has 0 aromatic heterocycles. The maximum absolute atomic E-state index is 2.68. The molecule has 1 aliphatic heterocycles. The summed E-state index contributed by atoms with van der Waals surface area (Å²) in [4.78, 5) is 2.68. The lowest BCUT2D eigenvalue weighted by Crippen LogP contribution is -2.38. The molecule has 14 heavy (non-hydrogen) atoms. The highest BCUT2D eigenvalue weighted by molar-refractivity contribution is 4.82. The third-order valence-electron chi connectivity index (χ3n) is 4.28. The van der Waals surface area contributed by atoms with Crippen LogP contribution >= 0.6 is 0 Å². The average molecular weight is 195 g/mol. The Morgan fingerprint density at radius 1 is 1.00 bits per heavy atom. The number of piperidine rings is 1. The second-order valence-corrected chi connectivity index (χ2v) is 5.22. The van der Waals surface area contributed by atoms with E-state index in [1.165, 1.54) is 51.7 Å². The number of unbranched alkanes of at least 4 members (excludes halogenated alkanes) is 1. The topological polar surface area (TPSA) is 3.24 Å². The highest BCUT2D eigenvalue weighted by Crippen LogP contribution is 2.38. The smallest absolute Gasteiger partial charge is 0.00160 e. The van der Waals surface area contributed by atoms with Gasteiger partial charge < -0.3 is 4.90 Å². The van der Waals surface area contributed by atoms with Crippen LogP contribution in [-0.4, -0.2) is 24.5 Å². The SMILES string of the molecule is CCCCN1CCC(C2CCC2)CC1. The van der Waals surface area contributed by atoms with E-state index in [1.807, 2.05) is 0 Å². The van der Waals surface area contributed by atoms with Crippen LogP contribution in [0.1, 0.15) is 51.9 Å². The van der Waals surface area contributed by atoms with Crippen molar-refractivity contribution in [2.75, 3.05) is 19.6 Å². The van der Waals surface area contributed by atoms with Gasteiger partial charge in [0, 0.05) is 0 Å². The van der Waals surface area contributed by atoms with E-state index >= 15 is 0 Å². The highest BCUT2D eigenvalue weighted by atomic mass is 15.1. The predicted octanol–water partition coefficient (Wildman–Crippen LogP) is 3.30. The molecule has 1 saturated heterocycles. The van der Waals surface area contributed by atoms with E-state index in [9.17, 15) is 0 Å². The van der Waals surface area contributed by atoms with Gasteiger partial charge in [-0.1, -0.05) is 32.6 Å². The Labute approximate surface area is 88.9 Å². The molecule has 0 spiro atoms. The first-order chi connectivity index (χ1) is 6.90. The number of nitrogens with zero attached hydrogens (tertiary/aromatic N) is 1. The highest BCUT2D eigenvalue weighted by Gasteiger charge is 2.29. The van der Waals surface area contributed by atoms with Gasteiger partial charge in [0.15, 0.2) is 0 Å². The van der Waals surface area contributed by atoms with Crippen molar-refractivity contribution in [3.8, 4) is 0 Å². The van der Waals surface area contributed by atoms with Crippen LogP contribution in [0.5, 0.6) is 0 Å². The van der Waals surface area contributed by atoms with E-state index < -0.39 is 0 Å². The van der Waals surface area contributed by atoms with Crippen molar-refractivity contribution in [1.29, 1.82) is 0 Å². The third-order valence-corrected chi connectivity index (χ3v) is 4.28. The summed E-state index contributed by atoms with van der Waals surface area (Å²) >= 11 is 0. The Morgan fingerprint density at radius 3 is 2.14 bits per heavy atom. The minimum atomic E-state index is 1.10. The first-order valence-corrected chi connectivity index (χ1v) is 6.62. The fourth-order valence-corrected chi connectivity index (χ4v) is 2.94. The van der Waals surface area contributed by atoms with Crippen LogP contribution in [-0.2, 0) is 0 Å². The largest absolute Gasteiger partial charge is 0.303 e. The van der Waals surface area contributed by atoms with Crippen molar-refractivity contribution in [3.63, 3.8) is 0 Å². The Balaban J connectivity index is 1.64. The average Bonchev–Trinajstić information content (AvgIpc) is 2.14. The van der Waals surface area contributed by atoms with Crippen molar-refractivity contribution in [2.24, 2.45) is 11.8 Å². The number of rotatable bonds is 4. The zero-order chi connectivity index (χ0) is 9.80. The van der Waals surface area contributed by atoms with Crippen molar-refractivity contribution in [1.82, 2.24) is 4.90 Å². The summed E-state index contributed by atoms with van der Waals surface area (Å²) in [6, 6.07) is 0. The maximum atomic E-state index is 2.68. The van der Waals surface area contributed by atoms with Crippen LogP contribution in [0.4, 0.5) is 0 Å². The molecule has 1 aliphatic carbocycles. The lowest BCUT2D eigenvalue weighted by atomic mass is 9.72. The molecule has 0 atom stereocenters. The number of hydrogen-bond donors (Lipinski definition) is 0. The normalized spacial score (nSPS) is 26.4. The van der Waals surface area contributed by atoms with Gasteiger partial charge in [-0.3, -0.25) is 0 Å². The van der Waals surface area contributed by atoms with Gasteiger partial charge in [0.1, 0.15) is 0 Å². The molecular formula is C13H25N. The molecule has 1 heterocycles. The number of hydrogen-bond acceptors (Lipinski definition) is 1. The number of likely N-dealkylation sites (tertiary alicyclic amines) is 1. The molecule has 82 valence electrons. The maximum Gasteiger partial charge on any atom is -0.00160 e. The van der Waals surface area contributed by atoms with Gasteiger partial charge in [-0.25, -0.2) is 0 Å². The van der Waals surface area contributed by atoms with E-state index in [-0.39, 0.29) is 0 Å². The molecule has 0 aromatic rings. The molecule has 0 amide bonds. The van der Waals surface area contributed by atoms with Crippen LogP contribution in [0.3, 0.4) is 0 Å². The molecule has 0 aromatic carbocycles. The van der Waals surface area contributed by atoms with E-state index in [0.717, 1.165) is 11.8 Å². The summed E-state index contributed by atoms with van der Waals surface area (Å²) in [6.45, 7) is 6.43. The van der Waals surface area contributed by atoms with Gasteiger partial charge >= 0.3 is 0 Å². The van der Waals surface area contributed by atoms with Crippen LogP contribution in [0, 0.1) is 11.8 Å². The van der Waals surface area contributed by atoms with Gasteiger partial charge in [0.2, 0.25) is 0 Å². The van der Waals surface area contributed by atoms with Gasteiger partial charge in [-0.05, 0) is 50.7 Å². The quantitative estimate of drug-likeness (QED) is 0.665. The van der Waals surface area contributed by atoms with Crippen LogP contribution < -0.4 is 0 Å². The van der Waals surface area contributed by atoms with E-state index in [2.05, 4.69) is 11.8 Å². The van der Waals surface area contributed by atoms with E-state index in [4.69, 9.17) is 0 Å². The molecule has 1 saturated carbocycles. The van der Waals surface area contributed by atoms with E-state index in [0.29, 0.717) is 0 Å². The predicted molar refractivity (Wildman–Crippen MR) is 61.4 cm³/mol. The van der Waals surface area contributed by atoms with Gasteiger partial charge in [0.05, 0.1) is 0 Å². The van der Waals surface area contributed by atoms with Crippen LogP contribution in [0.15, 0.2) is 0 Å². The summed E-state index contributed by atoms with van der Waals surface area (Å²) in [5.41, 5.74) is 0.